The first kappa shape index (κ1) is 19.3. The molecule has 4 rings (SSSR count). The third kappa shape index (κ3) is 4.87. The van der Waals surface area contributed by atoms with Crippen molar-refractivity contribution >= 4 is 23.3 Å². The molecule has 0 aliphatic carbocycles. The van der Waals surface area contributed by atoms with Crippen molar-refractivity contribution in [2.45, 2.75) is 6.61 Å². The van der Waals surface area contributed by atoms with E-state index in [1.165, 1.54) is 0 Å². The Morgan fingerprint density at radius 3 is 2.55 bits per heavy atom. The summed E-state index contributed by atoms with van der Waals surface area (Å²) in [6.07, 6.45) is 1.80. The number of carbonyl (C=O) groups excluding carboxylic acids is 1. The Morgan fingerprint density at radius 2 is 1.79 bits per heavy atom. The third-order valence-electron chi connectivity index (χ3n) is 4.92. The van der Waals surface area contributed by atoms with Crippen molar-refractivity contribution in [1.29, 1.82) is 0 Å². The van der Waals surface area contributed by atoms with Gasteiger partial charge >= 0.3 is 0 Å². The van der Waals surface area contributed by atoms with Gasteiger partial charge in [0.15, 0.2) is 0 Å². The van der Waals surface area contributed by atoms with Crippen molar-refractivity contribution in [3.8, 4) is 5.75 Å². The highest BCUT2D eigenvalue weighted by Crippen LogP contribution is 2.19. The molecule has 1 aliphatic heterocycles. The molecular formula is C23H22ClN3O2. The summed E-state index contributed by atoms with van der Waals surface area (Å²) < 4.78 is 5.79. The van der Waals surface area contributed by atoms with Crippen molar-refractivity contribution in [3.05, 3.63) is 89.1 Å². The van der Waals surface area contributed by atoms with Gasteiger partial charge in [0.05, 0.1) is 0 Å². The van der Waals surface area contributed by atoms with Gasteiger partial charge in [-0.2, -0.15) is 0 Å². The average molecular weight is 408 g/mol. The summed E-state index contributed by atoms with van der Waals surface area (Å²) in [5.74, 6) is 1.72. The Labute approximate surface area is 175 Å². The van der Waals surface area contributed by atoms with Gasteiger partial charge in [-0.15, -0.1) is 0 Å². The van der Waals surface area contributed by atoms with Gasteiger partial charge in [0, 0.05) is 43.0 Å². The number of piperazine rings is 1. The molecule has 2 aromatic carbocycles. The van der Waals surface area contributed by atoms with Gasteiger partial charge in [-0.05, 0) is 48.0 Å². The average Bonchev–Trinajstić information content (AvgIpc) is 2.78. The second-order valence-corrected chi connectivity index (χ2v) is 7.35. The highest BCUT2D eigenvalue weighted by molar-refractivity contribution is 6.30. The highest BCUT2D eigenvalue weighted by Gasteiger charge is 2.22. The van der Waals surface area contributed by atoms with Gasteiger partial charge in [0.25, 0.3) is 5.91 Å². The Morgan fingerprint density at radius 1 is 0.966 bits per heavy atom. The molecule has 0 N–H and O–H groups in total. The largest absolute Gasteiger partial charge is 0.489 e. The predicted octanol–water partition coefficient (Wildman–Crippen LogP) is 4.28. The number of pyridine rings is 1. The third-order valence-corrected chi connectivity index (χ3v) is 5.15. The molecule has 6 heteroatoms. The second-order valence-electron chi connectivity index (χ2n) is 6.91. The molecule has 0 spiro atoms. The van der Waals surface area contributed by atoms with Crippen LogP contribution in [0.15, 0.2) is 72.9 Å². The zero-order valence-electron chi connectivity index (χ0n) is 16.0. The van der Waals surface area contributed by atoms with Crippen LogP contribution in [0.2, 0.25) is 5.02 Å². The fourth-order valence-corrected chi connectivity index (χ4v) is 3.56. The molecule has 0 atom stereocenters. The number of hydrogen-bond donors (Lipinski definition) is 0. The van der Waals surface area contributed by atoms with Crippen molar-refractivity contribution in [2.24, 2.45) is 0 Å². The molecule has 0 unspecified atom stereocenters. The van der Waals surface area contributed by atoms with E-state index in [-0.39, 0.29) is 5.91 Å². The normalized spacial score (nSPS) is 14.0. The van der Waals surface area contributed by atoms with Crippen LogP contribution in [0.4, 0.5) is 5.82 Å². The summed E-state index contributed by atoms with van der Waals surface area (Å²) in [7, 11) is 0. The van der Waals surface area contributed by atoms with Crippen molar-refractivity contribution in [1.82, 2.24) is 9.88 Å². The quantitative estimate of drug-likeness (QED) is 0.633. The van der Waals surface area contributed by atoms with Gasteiger partial charge in [-0.25, -0.2) is 4.98 Å². The first-order valence-electron chi connectivity index (χ1n) is 9.61. The van der Waals surface area contributed by atoms with Crippen LogP contribution in [0, 0.1) is 0 Å². The Balaban J connectivity index is 1.36. The summed E-state index contributed by atoms with van der Waals surface area (Å²) in [6, 6.07) is 20.8. The van der Waals surface area contributed by atoms with Crippen LogP contribution in [0.1, 0.15) is 15.9 Å². The summed E-state index contributed by atoms with van der Waals surface area (Å²) in [5, 5.41) is 0.635. The molecule has 5 nitrogen and oxygen atoms in total. The highest BCUT2D eigenvalue weighted by atomic mass is 35.5. The lowest BCUT2D eigenvalue weighted by Gasteiger charge is -2.35. The molecule has 1 aromatic heterocycles. The number of hydrogen-bond acceptors (Lipinski definition) is 4. The molecule has 148 valence electrons. The van der Waals surface area contributed by atoms with Gasteiger partial charge in [-0.3, -0.25) is 4.79 Å². The minimum absolute atomic E-state index is 0.0512. The van der Waals surface area contributed by atoms with Crippen molar-refractivity contribution < 1.29 is 9.53 Å². The molecule has 1 fully saturated rings. The van der Waals surface area contributed by atoms with E-state index in [1.807, 2.05) is 59.5 Å². The summed E-state index contributed by atoms with van der Waals surface area (Å²) in [5.41, 5.74) is 1.63. The van der Waals surface area contributed by atoms with Crippen LogP contribution in [0.5, 0.6) is 5.75 Å². The summed E-state index contributed by atoms with van der Waals surface area (Å²) >= 11 is 5.99. The first-order chi connectivity index (χ1) is 14.2. The van der Waals surface area contributed by atoms with E-state index < -0.39 is 0 Å². The molecular weight excluding hydrogens is 386 g/mol. The standard InChI is InChI=1S/C23H22ClN3O2/c24-20-7-4-8-21(16-20)29-17-18-5-3-6-19(15-18)23(28)27-13-11-26(12-14-27)22-9-1-2-10-25-22/h1-10,15-16H,11-14,17H2. The minimum atomic E-state index is 0.0512. The van der Waals surface area contributed by atoms with E-state index in [2.05, 4.69) is 9.88 Å². The lowest BCUT2D eigenvalue weighted by atomic mass is 10.1. The van der Waals surface area contributed by atoms with Gasteiger partial charge < -0.3 is 14.5 Å². The second kappa shape index (κ2) is 8.97. The summed E-state index contributed by atoms with van der Waals surface area (Å²) in [6.45, 7) is 3.30. The Hall–Kier alpha value is -3.05. The monoisotopic (exact) mass is 407 g/mol. The van der Waals surface area contributed by atoms with Gasteiger partial charge in [0.2, 0.25) is 0 Å². The number of amides is 1. The topological polar surface area (TPSA) is 45.7 Å². The van der Waals surface area contributed by atoms with Crippen LogP contribution < -0.4 is 9.64 Å². The van der Waals surface area contributed by atoms with E-state index in [0.29, 0.717) is 36.0 Å². The van der Waals surface area contributed by atoms with Crippen LogP contribution in [-0.4, -0.2) is 42.0 Å². The molecule has 2 heterocycles. The van der Waals surface area contributed by atoms with Crippen molar-refractivity contribution in [3.63, 3.8) is 0 Å². The zero-order valence-corrected chi connectivity index (χ0v) is 16.8. The van der Waals surface area contributed by atoms with Gasteiger partial charge in [-0.1, -0.05) is 35.9 Å². The van der Waals surface area contributed by atoms with E-state index >= 15 is 0 Å². The fourth-order valence-electron chi connectivity index (χ4n) is 3.38. The number of nitrogens with zero attached hydrogens (tertiary/aromatic N) is 3. The van der Waals surface area contributed by atoms with E-state index in [0.717, 1.165) is 24.5 Å². The number of benzene rings is 2. The maximum Gasteiger partial charge on any atom is 0.253 e. The zero-order chi connectivity index (χ0) is 20.1. The summed E-state index contributed by atoms with van der Waals surface area (Å²) in [4.78, 5) is 21.4. The Kier molecular flexibility index (Phi) is 5.96. The lowest BCUT2D eigenvalue weighted by molar-refractivity contribution is 0.0746. The molecule has 0 bridgehead atoms. The molecule has 29 heavy (non-hydrogen) atoms. The number of anilines is 1. The Bertz CT molecular complexity index is 973. The molecule has 1 saturated heterocycles. The maximum atomic E-state index is 12.9. The SMILES string of the molecule is O=C(c1cccc(COc2cccc(Cl)c2)c1)N1CCN(c2ccccn2)CC1. The molecule has 1 amide bonds. The van der Waals surface area contributed by atoms with Crippen LogP contribution in [0.3, 0.4) is 0 Å². The van der Waals surface area contributed by atoms with Gasteiger partial charge in [0.1, 0.15) is 18.2 Å². The van der Waals surface area contributed by atoms with Crippen LogP contribution in [-0.2, 0) is 6.61 Å². The molecule has 0 saturated carbocycles. The molecule has 1 aliphatic rings. The number of carbonyl (C=O) groups is 1. The maximum absolute atomic E-state index is 12.9. The number of rotatable bonds is 5. The number of ether oxygens (including phenoxy) is 1. The lowest BCUT2D eigenvalue weighted by Crippen LogP contribution is -2.49. The number of halogens is 1. The van der Waals surface area contributed by atoms with Crippen LogP contribution in [0.25, 0.3) is 0 Å². The minimum Gasteiger partial charge on any atom is -0.489 e. The van der Waals surface area contributed by atoms with E-state index in [9.17, 15) is 4.79 Å². The fraction of sp³-hybridized carbons (Fsp3) is 0.217. The smallest absolute Gasteiger partial charge is 0.253 e. The number of aromatic nitrogens is 1. The van der Waals surface area contributed by atoms with Crippen molar-refractivity contribution in [2.75, 3.05) is 31.1 Å². The molecule has 0 radical (unpaired) electrons. The van der Waals surface area contributed by atoms with Crippen LogP contribution >= 0.6 is 11.6 Å². The molecule has 3 aromatic rings. The first-order valence-corrected chi connectivity index (χ1v) is 9.99. The van der Waals surface area contributed by atoms with E-state index in [1.54, 1.807) is 18.3 Å². The van der Waals surface area contributed by atoms with E-state index in [4.69, 9.17) is 16.3 Å². The predicted molar refractivity (Wildman–Crippen MR) is 115 cm³/mol.